The van der Waals surface area contributed by atoms with Crippen molar-refractivity contribution < 1.29 is 14.7 Å². The van der Waals surface area contributed by atoms with Gasteiger partial charge in [-0.3, -0.25) is 9.59 Å². The maximum Gasteiger partial charge on any atom is 0.309 e. The zero-order valence-corrected chi connectivity index (χ0v) is 12.7. The van der Waals surface area contributed by atoms with Crippen molar-refractivity contribution in [2.45, 2.75) is 19.8 Å². The van der Waals surface area contributed by atoms with Gasteiger partial charge in [0.1, 0.15) is 0 Å². The van der Waals surface area contributed by atoms with Crippen LogP contribution in [0.2, 0.25) is 0 Å². The van der Waals surface area contributed by atoms with Crippen LogP contribution in [0.3, 0.4) is 0 Å². The Balaban J connectivity index is 1.80. The standard InChI is InChI=1S/C16H17NO3S/c1-16(15(19)20)6-8-17(9-7-16)14(18)12-10-21-13-5-3-2-4-11(12)13/h2-5,10H,6-9H2,1H3,(H,19,20). The molecule has 1 aliphatic rings. The molecule has 2 heterocycles. The number of piperidine rings is 1. The third-order valence-corrected chi connectivity index (χ3v) is 5.35. The summed E-state index contributed by atoms with van der Waals surface area (Å²) in [6.07, 6.45) is 1.02. The lowest BCUT2D eigenvalue weighted by Crippen LogP contribution is -2.45. The second-order valence-electron chi connectivity index (χ2n) is 5.80. The zero-order chi connectivity index (χ0) is 15.0. The minimum absolute atomic E-state index is 0.0138. The molecule has 0 aliphatic carbocycles. The Morgan fingerprint density at radius 1 is 1.24 bits per heavy atom. The predicted octanol–water partition coefficient (Wildman–Crippen LogP) is 3.23. The van der Waals surface area contributed by atoms with Crippen molar-refractivity contribution in [3.63, 3.8) is 0 Å². The van der Waals surface area contributed by atoms with E-state index in [2.05, 4.69) is 0 Å². The van der Waals surface area contributed by atoms with E-state index in [-0.39, 0.29) is 5.91 Å². The molecule has 4 nitrogen and oxygen atoms in total. The summed E-state index contributed by atoms with van der Waals surface area (Å²) in [5.41, 5.74) is 0.0301. The molecule has 1 fully saturated rings. The molecular formula is C16H17NO3S. The minimum Gasteiger partial charge on any atom is -0.481 e. The van der Waals surface area contributed by atoms with Crippen LogP contribution in [0.5, 0.6) is 0 Å². The quantitative estimate of drug-likeness (QED) is 0.926. The zero-order valence-electron chi connectivity index (χ0n) is 11.8. The maximum absolute atomic E-state index is 12.6. The van der Waals surface area contributed by atoms with Gasteiger partial charge in [-0.1, -0.05) is 18.2 Å². The fourth-order valence-corrected chi connectivity index (χ4v) is 3.67. The van der Waals surface area contributed by atoms with Crippen LogP contribution in [0.4, 0.5) is 0 Å². The highest BCUT2D eigenvalue weighted by Crippen LogP contribution is 2.33. The van der Waals surface area contributed by atoms with E-state index in [4.69, 9.17) is 0 Å². The number of carboxylic acids is 1. The number of rotatable bonds is 2. The molecule has 0 atom stereocenters. The van der Waals surface area contributed by atoms with Crippen molar-refractivity contribution in [2.75, 3.05) is 13.1 Å². The topological polar surface area (TPSA) is 57.6 Å². The fraction of sp³-hybridized carbons (Fsp3) is 0.375. The highest BCUT2D eigenvalue weighted by Gasteiger charge is 2.38. The first-order valence-corrected chi connectivity index (χ1v) is 7.88. The fourth-order valence-electron chi connectivity index (χ4n) is 2.73. The molecule has 5 heteroatoms. The first-order chi connectivity index (χ1) is 10.0. The Morgan fingerprint density at radius 2 is 1.90 bits per heavy atom. The van der Waals surface area contributed by atoms with Crippen molar-refractivity contribution in [3.05, 3.63) is 35.2 Å². The summed E-state index contributed by atoms with van der Waals surface area (Å²) in [6, 6.07) is 7.87. The molecule has 1 saturated heterocycles. The summed E-state index contributed by atoms with van der Waals surface area (Å²) >= 11 is 1.57. The van der Waals surface area contributed by atoms with E-state index >= 15 is 0 Å². The molecule has 1 amide bonds. The van der Waals surface area contributed by atoms with Crippen molar-refractivity contribution >= 4 is 33.3 Å². The van der Waals surface area contributed by atoms with E-state index in [1.807, 2.05) is 29.6 Å². The van der Waals surface area contributed by atoms with Crippen molar-refractivity contribution in [2.24, 2.45) is 5.41 Å². The van der Waals surface area contributed by atoms with Crippen LogP contribution in [0.1, 0.15) is 30.1 Å². The summed E-state index contributed by atoms with van der Waals surface area (Å²) in [5, 5.41) is 12.1. The van der Waals surface area contributed by atoms with Crippen LogP contribution in [0.15, 0.2) is 29.6 Å². The molecule has 2 aromatic rings. The molecule has 0 radical (unpaired) electrons. The number of fused-ring (bicyclic) bond motifs is 1. The van der Waals surface area contributed by atoms with Gasteiger partial charge < -0.3 is 10.0 Å². The number of aliphatic carboxylic acids is 1. The second kappa shape index (κ2) is 5.15. The minimum atomic E-state index is -0.768. The van der Waals surface area contributed by atoms with Crippen LogP contribution in [-0.2, 0) is 4.79 Å². The first kappa shape index (κ1) is 14.1. The van der Waals surface area contributed by atoms with Gasteiger partial charge in [0.15, 0.2) is 0 Å². The van der Waals surface area contributed by atoms with Crippen LogP contribution in [0.25, 0.3) is 10.1 Å². The Kier molecular flexibility index (Phi) is 3.45. The highest BCUT2D eigenvalue weighted by molar-refractivity contribution is 7.17. The summed E-state index contributed by atoms with van der Waals surface area (Å²) in [5.74, 6) is -0.754. The molecule has 1 N–H and O–H groups in total. The number of carbonyl (C=O) groups excluding carboxylic acids is 1. The summed E-state index contributed by atoms with van der Waals surface area (Å²) in [7, 11) is 0. The molecule has 0 spiro atoms. The van der Waals surface area contributed by atoms with Crippen molar-refractivity contribution in [1.29, 1.82) is 0 Å². The number of carbonyl (C=O) groups is 2. The monoisotopic (exact) mass is 303 g/mol. The normalized spacial score (nSPS) is 17.9. The number of hydrogen-bond donors (Lipinski definition) is 1. The molecule has 1 aromatic heterocycles. The Morgan fingerprint density at radius 3 is 2.57 bits per heavy atom. The SMILES string of the molecule is CC1(C(=O)O)CCN(C(=O)c2csc3ccccc23)CC1. The van der Waals surface area contributed by atoms with Crippen LogP contribution in [-0.4, -0.2) is 35.0 Å². The number of likely N-dealkylation sites (tertiary alicyclic amines) is 1. The maximum atomic E-state index is 12.6. The van der Waals surface area contributed by atoms with Crippen molar-refractivity contribution in [3.8, 4) is 0 Å². The van der Waals surface area contributed by atoms with Gasteiger partial charge in [0.2, 0.25) is 0 Å². The van der Waals surface area contributed by atoms with Gasteiger partial charge in [-0.05, 0) is 25.8 Å². The number of carboxylic acid groups (broad SMARTS) is 1. The third-order valence-electron chi connectivity index (χ3n) is 4.38. The molecule has 3 rings (SSSR count). The molecule has 21 heavy (non-hydrogen) atoms. The van der Waals surface area contributed by atoms with Crippen molar-refractivity contribution in [1.82, 2.24) is 4.90 Å². The molecule has 110 valence electrons. The lowest BCUT2D eigenvalue weighted by molar-refractivity contribution is -0.150. The lowest BCUT2D eigenvalue weighted by Gasteiger charge is -2.36. The van der Waals surface area contributed by atoms with Gasteiger partial charge in [0, 0.05) is 28.6 Å². The molecule has 0 bridgehead atoms. The van der Waals surface area contributed by atoms with E-state index in [1.165, 1.54) is 0 Å². The van der Waals surface area contributed by atoms with Gasteiger partial charge in [0.25, 0.3) is 5.91 Å². The molecule has 0 saturated carbocycles. The Labute approximate surface area is 127 Å². The second-order valence-corrected chi connectivity index (χ2v) is 6.71. The number of amides is 1. The average molecular weight is 303 g/mol. The highest BCUT2D eigenvalue weighted by atomic mass is 32.1. The summed E-state index contributed by atoms with van der Waals surface area (Å²) in [4.78, 5) is 25.7. The van der Waals surface area contributed by atoms with E-state index in [0.717, 1.165) is 15.6 Å². The number of thiophene rings is 1. The molecular weight excluding hydrogens is 286 g/mol. The van der Waals surface area contributed by atoms with Crippen LogP contribution in [0, 0.1) is 5.41 Å². The van der Waals surface area contributed by atoms with E-state index in [1.54, 1.807) is 23.2 Å². The van der Waals surface area contributed by atoms with Crippen LogP contribution < -0.4 is 0 Å². The van der Waals surface area contributed by atoms with Gasteiger partial charge in [-0.25, -0.2) is 0 Å². The summed E-state index contributed by atoms with van der Waals surface area (Å²) in [6.45, 7) is 2.77. The van der Waals surface area contributed by atoms with Gasteiger partial charge in [0.05, 0.1) is 11.0 Å². The predicted molar refractivity (Wildman–Crippen MR) is 82.7 cm³/mol. The first-order valence-electron chi connectivity index (χ1n) is 7.00. The lowest BCUT2D eigenvalue weighted by atomic mass is 9.80. The number of nitrogens with zero attached hydrogens (tertiary/aromatic N) is 1. The van der Waals surface area contributed by atoms with Crippen LogP contribution >= 0.6 is 11.3 Å². The number of hydrogen-bond acceptors (Lipinski definition) is 3. The van der Waals surface area contributed by atoms with E-state index in [0.29, 0.717) is 25.9 Å². The Bertz CT molecular complexity index is 698. The molecule has 1 aliphatic heterocycles. The average Bonchev–Trinajstić information content (AvgIpc) is 2.91. The number of benzene rings is 1. The third kappa shape index (κ3) is 2.42. The van der Waals surface area contributed by atoms with Gasteiger partial charge in [-0.2, -0.15) is 0 Å². The Hall–Kier alpha value is -1.88. The molecule has 1 aromatic carbocycles. The van der Waals surface area contributed by atoms with Gasteiger partial charge in [-0.15, -0.1) is 11.3 Å². The smallest absolute Gasteiger partial charge is 0.309 e. The summed E-state index contributed by atoms with van der Waals surface area (Å²) < 4.78 is 1.10. The largest absolute Gasteiger partial charge is 0.481 e. The van der Waals surface area contributed by atoms with E-state index < -0.39 is 11.4 Å². The van der Waals surface area contributed by atoms with E-state index in [9.17, 15) is 14.7 Å². The van der Waals surface area contributed by atoms with Gasteiger partial charge >= 0.3 is 5.97 Å². The molecule has 0 unspecified atom stereocenters.